The largest absolute Gasteiger partial charge is 0.321 e. The molecular weight excluding hydrogens is 358 g/mol. The van der Waals surface area contributed by atoms with Crippen molar-refractivity contribution in [1.29, 1.82) is 0 Å². The lowest BCUT2D eigenvalue weighted by molar-refractivity contribution is 0.102. The molecule has 3 aromatic carbocycles. The Balaban J connectivity index is 1.70. The predicted molar refractivity (Wildman–Crippen MR) is 108 cm³/mol. The lowest BCUT2D eigenvalue weighted by Gasteiger charge is -2.12. The first-order chi connectivity index (χ1) is 12.9. The van der Waals surface area contributed by atoms with Crippen molar-refractivity contribution in [2.24, 2.45) is 0 Å². The third-order valence-electron chi connectivity index (χ3n) is 5.17. The topological polar surface area (TPSA) is 63.2 Å². The highest BCUT2D eigenvalue weighted by Crippen LogP contribution is 2.35. The van der Waals surface area contributed by atoms with Gasteiger partial charge < -0.3 is 5.32 Å². The van der Waals surface area contributed by atoms with Crippen molar-refractivity contribution in [3.05, 3.63) is 71.3 Å². The number of hydrogen-bond acceptors (Lipinski definition) is 3. The molecule has 0 spiro atoms. The number of anilines is 1. The average Bonchev–Trinajstić information content (AvgIpc) is 3.08. The fourth-order valence-electron chi connectivity index (χ4n) is 3.64. The number of sulfone groups is 1. The second-order valence-electron chi connectivity index (χ2n) is 7.19. The van der Waals surface area contributed by atoms with Crippen molar-refractivity contribution in [2.75, 3.05) is 5.32 Å². The third kappa shape index (κ3) is 3.02. The molecule has 0 radical (unpaired) electrons. The monoisotopic (exact) mass is 379 g/mol. The van der Waals surface area contributed by atoms with E-state index < -0.39 is 15.1 Å². The zero-order valence-corrected chi connectivity index (χ0v) is 16.1. The average molecular weight is 379 g/mol. The summed E-state index contributed by atoms with van der Waals surface area (Å²) >= 11 is 0. The summed E-state index contributed by atoms with van der Waals surface area (Å²) in [5, 5.41) is 4.68. The molecule has 0 saturated carbocycles. The standard InChI is InChI=1S/C22H21NO3S/c1-14(2)27(25,26)18-7-3-6-17(13-18)22(24)23-20-12-11-16-10-9-15-5-4-8-19(20)21(15)16/h3-8,11-14H,9-10H2,1-2H3,(H,23,24). The van der Waals surface area contributed by atoms with Crippen LogP contribution in [0, 0.1) is 0 Å². The Bertz CT molecular complexity index is 1150. The molecule has 27 heavy (non-hydrogen) atoms. The maximum absolute atomic E-state index is 12.8. The van der Waals surface area contributed by atoms with Gasteiger partial charge in [-0.1, -0.05) is 30.3 Å². The predicted octanol–water partition coefficient (Wildman–Crippen LogP) is 4.37. The van der Waals surface area contributed by atoms with Gasteiger partial charge in [-0.2, -0.15) is 0 Å². The SMILES string of the molecule is CC(C)S(=O)(=O)c1cccc(C(=O)Nc2ccc3c4c(cccc24)CC3)c1. The van der Waals surface area contributed by atoms with Crippen LogP contribution in [0.2, 0.25) is 0 Å². The maximum atomic E-state index is 12.8. The molecule has 0 unspecified atom stereocenters. The van der Waals surface area contributed by atoms with E-state index in [1.807, 2.05) is 18.2 Å². The van der Waals surface area contributed by atoms with E-state index in [4.69, 9.17) is 0 Å². The highest BCUT2D eigenvalue weighted by atomic mass is 32.2. The number of amides is 1. The first kappa shape index (κ1) is 17.7. The molecule has 1 N–H and O–H groups in total. The van der Waals surface area contributed by atoms with Gasteiger partial charge in [0, 0.05) is 16.6 Å². The zero-order chi connectivity index (χ0) is 19.2. The molecule has 1 aliphatic rings. The number of carbonyl (C=O) groups is 1. The zero-order valence-electron chi connectivity index (χ0n) is 15.3. The van der Waals surface area contributed by atoms with Gasteiger partial charge in [-0.3, -0.25) is 4.79 Å². The molecule has 0 heterocycles. The summed E-state index contributed by atoms with van der Waals surface area (Å²) in [6, 6.07) is 16.4. The number of benzene rings is 3. The van der Waals surface area contributed by atoms with Crippen LogP contribution in [0.15, 0.2) is 59.5 Å². The number of nitrogens with one attached hydrogen (secondary N) is 1. The molecule has 4 nitrogen and oxygen atoms in total. The molecule has 1 aliphatic carbocycles. The smallest absolute Gasteiger partial charge is 0.255 e. The van der Waals surface area contributed by atoms with Crippen molar-refractivity contribution in [3.63, 3.8) is 0 Å². The summed E-state index contributed by atoms with van der Waals surface area (Å²) in [5.74, 6) is -0.311. The molecule has 0 saturated heterocycles. The Hall–Kier alpha value is -2.66. The molecule has 3 aromatic rings. The van der Waals surface area contributed by atoms with Crippen LogP contribution >= 0.6 is 0 Å². The van der Waals surface area contributed by atoms with Crippen molar-refractivity contribution in [2.45, 2.75) is 36.8 Å². The quantitative estimate of drug-likeness (QED) is 0.732. The summed E-state index contributed by atoms with van der Waals surface area (Å²) in [7, 11) is -3.42. The van der Waals surface area contributed by atoms with Crippen molar-refractivity contribution in [1.82, 2.24) is 0 Å². The first-order valence-electron chi connectivity index (χ1n) is 9.07. The highest BCUT2D eigenvalue weighted by molar-refractivity contribution is 7.92. The summed E-state index contributed by atoms with van der Waals surface area (Å²) < 4.78 is 24.8. The molecule has 0 aliphatic heterocycles. The van der Waals surface area contributed by atoms with Crippen molar-refractivity contribution < 1.29 is 13.2 Å². The minimum atomic E-state index is -3.42. The summed E-state index contributed by atoms with van der Waals surface area (Å²) in [6.07, 6.45) is 2.05. The molecule has 5 heteroatoms. The molecule has 138 valence electrons. The van der Waals surface area contributed by atoms with E-state index in [1.54, 1.807) is 26.0 Å². The van der Waals surface area contributed by atoms with E-state index in [1.165, 1.54) is 28.6 Å². The molecular formula is C22H21NO3S. The second kappa shape index (κ2) is 6.50. The molecule has 0 bridgehead atoms. The Morgan fingerprint density at radius 3 is 2.41 bits per heavy atom. The molecule has 4 rings (SSSR count). The Morgan fingerprint density at radius 2 is 1.67 bits per heavy atom. The highest BCUT2D eigenvalue weighted by Gasteiger charge is 2.21. The van der Waals surface area contributed by atoms with E-state index in [9.17, 15) is 13.2 Å². The van der Waals surface area contributed by atoms with Gasteiger partial charge in [0.1, 0.15) is 0 Å². The normalized spacial score (nSPS) is 13.3. The van der Waals surface area contributed by atoms with Gasteiger partial charge in [-0.05, 0) is 67.5 Å². The molecule has 1 amide bonds. The summed E-state index contributed by atoms with van der Waals surface area (Å²) in [5.41, 5.74) is 3.70. The maximum Gasteiger partial charge on any atom is 0.255 e. The van der Waals surface area contributed by atoms with Crippen LogP contribution in [-0.2, 0) is 22.7 Å². The van der Waals surface area contributed by atoms with Crippen LogP contribution < -0.4 is 5.32 Å². The van der Waals surface area contributed by atoms with E-state index in [0.717, 1.165) is 23.9 Å². The van der Waals surface area contributed by atoms with Crippen LogP contribution in [0.4, 0.5) is 5.69 Å². The van der Waals surface area contributed by atoms with Crippen LogP contribution in [0.1, 0.15) is 35.3 Å². The molecule has 0 fully saturated rings. The van der Waals surface area contributed by atoms with E-state index in [2.05, 4.69) is 17.4 Å². The minimum absolute atomic E-state index is 0.172. The first-order valence-corrected chi connectivity index (χ1v) is 10.6. The summed E-state index contributed by atoms with van der Waals surface area (Å²) in [6.45, 7) is 3.27. The number of aryl methyl sites for hydroxylation is 2. The van der Waals surface area contributed by atoms with Crippen LogP contribution in [-0.4, -0.2) is 19.6 Å². The minimum Gasteiger partial charge on any atom is -0.321 e. The van der Waals surface area contributed by atoms with Gasteiger partial charge in [-0.15, -0.1) is 0 Å². The van der Waals surface area contributed by atoms with E-state index >= 15 is 0 Å². The van der Waals surface area contributed by atoms with E-state index in [-0.39, 0.29) is 10.8 Å². The fourth-order valence-corrected chi connectivity index (χ4v) is 4.74. The van der Waals surface area contributed by atoms with Crippen LogP contribution in [0.25, 0.3) is 10.8 Å². The van der Waals surface area contributed by atoms with Gasteiger partial charge in [-0.25, -0.2) is 8.42 Å². The van der Waals surface area contributed by atoms with Gasteiger partial charge >= 0.3 is 0 Å². The van der Waals surface area contributed by atoms with Gasteiger partial charge in [0.05, 0.1) is 10.1 Å². The fraction of sp³-hybridized carbons (Fsp3) is 0.227. The number of hydrogen-bond donors (Lipinski definition) is 1. The third-order valence-corrected chi connectivity index (χ3v) is 7.32. The van der Waals surface area contributed by atoms with Crippen molar-refractivity contribution in [3.8, 4) is 0 Å². The Labute approximate surface area is 159 Å². The Kier molecular flexibility index (Phi) is 4.27. The second-order valence-corrected chi connectivity index (χ2v) is 9.69. The van der Waals surface area contributed by atoms with Gasteiger partial charge in [0.15, 0.2) is 9.84 Å². The van der Waals surface area contributed by atoms with Crippen LogP contribution in [0.3, 0.4) is 0 Å². The molecule has 0 atom stereocenters. The van der Waals surface area contributed by atoms with Gasteiger partial charge in [0.25, 0.3) is 5.91 Å². The number of carbonyl (C=O) groups excluding carboxylic acids is 1. The van der Waals surface area contributed by atoms with Crippen molar-refractivity contribution >= 4 is 32.2 Å². The summed E-state index contributed by atoms with van der Waals surface area (Å²) in [4.78, 5) is 13.0. The molecule has 0 aromatic heterocycles. The Morgan fingerprint density at radius 1 is 0.963 bits per heavy atom. The lowest BCUT2D eigenvalue weighted by Crippen LogP contribution is -2.16. The van der Waals surface area contributed by atoms with Gasteiger partial charge in [0.2, 0.25) is 0 Å². The lowest BCUT2D eigenvalue weighted by atomic mass is 10.0. The van der Waals surface area contributed by atoms with Crippen LogP contribution in [0.5, 0.6) is 0 Å². The van der Waals surface area contributed by atoms with E-state index in [0.29, 0.717) is 5.56 Å². The number of rotatable bonds is 4.